The smallest absolute Gasteiger partial charge is 0.0947 e. The van der Waals surface area contributed by atoms with E-state index in [0.29, 0.717) is 6.04 Å². The third kappa shape index (κ3) is 3.64. The SMILES string of the molecule is CCCn1nccc1C(Cc1nc(C)cs1)NCC. The lowest BCUT2D eigenvalue weighted by Crippen LogP contribution is -2.25. The molecule has 0 aliphatic rings. The van der Waals surface area contributed by atoms with Crippen LogP contribution in [-0.2, 0) is 13.0 Å². The Kier molecular flexibility index (Phi) is 5.10. The summed E-state index contributed by atoms with van der Waals surface area (Å²) < 4.78 is 2.10. The zero-order chi connectivity index (χ0) is 13.7. The van der Waals surface area contributed by atoms with E-state index in [4.69, 9.17) is 0 Å². The molecule has 0 aromatic carbocycles. The maximum absolute atomic E-state index is 4.57. The highest BCUT2D eigenvalue weighted by molar-refractivity contribution is 7.09. The van der Waals surface area contributed by atoms with Crippen LogP contribution in [-0.4, -0.2) is 21.3 Å². The largest absolute Gasteiger partial charge is 0.309 e. The van der Waals surface area contributed by atoms with Gasteiger partial charge in [0.05, 0.1) is 16.7 Å². The van der Waals surface area contributed by atoms with E-state index in [2.05, 4.69) is 45.4 Å². The number of likely N-dealkylation sites (N-methyl/N-ethyl adjacent to an activating group) is 1. The Hall–Kier alpha value is -1.20. The molecule has 104 valence electrons. The molecule has 2 aromatic heterocycles. The van der Waals surface area contributed by atoms with E-state index in [0.717, 1.165) is 31.6 Å². The molecule has 0 aliphatic carbocycles. The maximum Gasteiger partial charge on any atom is 0.0947 e. The highest BCUT2D eigenvalue weighted by Crippen LogP contribution is 2.21. The minimum atomic E-state index is 0.296. The number of rotatable bonds is 7. The number of nitrogens with one attached hydrogen (secondary N) is 1. The van der Waals surface area contributed by atoms with Crippen LogP contribution < -0.4 is 5.32 Å². The van der Waals surface area contributed by atoms with Gasteiger partial charge in [-0.1, -0.05) is 13.8 Å². The minimum absolute atomic E-state index is 0.296. The standard InChI is InChI=1S/C14H22N4S/c1-4-8-18-13(6-7-16-18)12(15-5-2)9-14-17-11(3)10-19-14/h6-7,10,12,15H,4-5,8-9H2,1-3H3. The Morgan fingerprint density at radius 3 is 2.89 bits per heavy atom. The molecular weight excluding hydrogens is 256 g/mol. The first-order valence-electron chi connectivity index (χ1n) is 6.90. The molecule has 2 aromatic rings. The number of thiazole rings is 1. The van der Waals surface area contributed by atoms with Gasteiger partial charge in [0.15, 0.2) is 0 Å². The van der Waals surface area contributed by atoms with Crippen molar-refractivity contribution in [3.63, 3.8) is 0 Å². The topological polar surface area (TPSA) is 42.7 Å². The molecule has 0 amide bonds. The van der Waals surface area contributed by atoms with Gasteiger partial charge in [-0.3, -0.25) is 4.68 Å². The van der Waals surface area contributed by atoms with Crippen molar-refractivity contribution >= 4 is 11.3 Å². The lowest BCUT2D eigenvalue weighted by atomic mass is 10.1. The molecule has 19 heavy (non-hydrogen) atoms. The summed E-state index contributed by atoms with van der Waals surface area (Å²) >= 11 is 1.74. The van der Waals surface area contributed by atoms with Crippen molar-refractivity contribution in [1.29, 1.82) is 0 Å². The van der Waals surface area contributed by atoms with Crippen molar-refractivity contribution in [2.24, 2.45) is 0 Å². The van der Waals surface area contributed by atoms with E-state index in [-0.39, 0.29) is 0 Å². The lowest BCUT2D eigenvalue weighted by Gasteiger charge is -2.18. The normalized spacial score (nSPS) is 12.8. The summed E-state index contributed by atoms with van der Waals surface area (Å²) in [5.41, 5.74) is 2.37. The second-order valence-electron chi connectivity index (χ2n) is 4.68. The van der Waals surface area contributed by atoms with Gasteiger partial charge in [0.1, 0.15) is 0 Å². The summed E-state index contributed by atoms with van der Waals surface area (Å²) in [6, 6.07) is 2.41. The van der Waals surface area contributed by atoms with Gasteiger partial charge < -0.3 is 5.32 Å². The van der Waals surface area contributed by atoms with Crippen LogP contribution in [0.4, 0.5) is 0 Å². The molecule has 4 nitrogen and oxygen atoms in total. The average molecular weight is 278 g/mol. The van der Waals surface area contributed by atoms with Crippen molar-refractivity contribution in [2.45, 2.75) is 46.2 Å². The van der Waals surface area contributed by atoms with Crippen molar-refractivity contribution in [3.05, 3.63) is 34.0 Å². The molecule has 2 heterocycles. The van der Waals surface area contributed by atoms with Crippen LogP contribution in [0.1, 0.15) is 42.7 Å². The van der Waals surface area contributed by atoms with E-state index >= 15 is 0 Å². The van der Waals surface area contributed by atoms with Crippen molar-refractivity contribution in [3.8, 4) is 0 Å². The van der Waals surface area contributed by atoms with Crippen molar-refractivity contribution in [1.82, 2.24) is 20.1 Å². The highest BCUT2D eigenvalue weighted by atomic mass is 32.1. The zero-order valence-electron chi connectivity index (χ0n) is 11.9. The first-order chi connectivity index (χ1) is 9.24. The molecular formula is C14H22N4S. The lowest BCUT2D eigenvalue weighted by molar-refractivity contribution is 0.477. The molecule has 0 saturated carbocycles. The zero-order valence-corrected chi connectivity index (χ0v) is 12.7. The number of nitrogens with zero attached hydrogens (tertiary/aromatic N) is 3. The van der Waals surface area contributed by atoms with Crippen LogP contribution in [0.15, 0.2) is 17.6 Å². The van der Waals surface area contributed by atoms with Crippen LogP contribution in [0, 0.1) is 6.92 Å². The molecule has 1 atom stereocenters. The molecule has 1 unspecified atom stereocenters. The molecule has 0 radical (unpaired) electrons. The number of hydrogen-bond acceptors (Lipinski definition) is 4. The first-order valence-corrected chi connectivity index (χ1v) is 7.78. The van der Waals surface area contributed by atoms with Gasteiger partial charge in [0, 0.05) is 30.2 Å². The minimum Gasteiger partial charge on any atom is -0.309 e. The predicted octanol–water partition coefficient (Wildman–Crippen LogP) is 2.95. The van der Waals surface area contributed by atoms with Gasteiger partial charge in [0.25, 0.3) is 0 Å². The third-order valence-electron chi connectivity index (χ3n) is 3.04. The average Bonchev–Trinajstić information content (AvgIpc) is 2.99. The Labute approximate surface area is 118 Å². The molecule has 0 fully saturated rings. The van der Waals surface area contributed by atoms with Crippen LogP contribution in [0.5, 0.6) is 0 Å². The summed E-state index contributed by atoms with van der Waals surface area (Å²) in [7, 11) is 0. The molecule has 1 N–H and O–H groups in total. The monoisotopic (exact) mass is 278 g/mol. The summed E-state index contributed by atoms with van der Waals surface area (Å²) in [5.74, 6) is 0. The Balaban J connectivity index is 2.16. The maximum atomic E-state index is 4.57. The summed E-state index contributed by atoms with van der Waals surface area (Å²) in [4.78, 5) is 4.57. The van der Waals surface area contributed by atoms with E-state index < -0.39 is 0 Å². The second kappa shape index (κ2) is 6.82. The molecule has 5 heteroatoms. The van der Waals surface area contributed by atoms with Crippen molar-refractivity contribution < 1.29 is 0 Å². The van der Waals surface area contributed by atoms with E-state index in [9.17, 15) is 0 Å². The number of aryl methyl sites for hydroxylation is 2. The van der Waals surface area contributed by atoms with E-state index in [1.54, 1.807) is 11.3 Å². The highest BCUT2D eigenvalue weighted by Gasteiger charge is 2.17. The van der Waals surface area contributed by atoms with E-state index in [1.165, 1.54) is 10.7 Å². The second-order valence-corrected chi connectivity index (χ2v) is 5.62. The fourth-order valence-corrected chi connectivity index (χ4v) is 3.06. The quantitative estimate of drug-likeness (QED) is 0.846. The summed E-state index contributed by atoms with van der Waals surface area (Å²) in [6.07, 6.45) is 3.92. The van der Waals surface area contributed by atoms with E-state index in [1.807, 2.05) is 13.1 Å². The molecule has 0 bridgehead atoms. The molecule has 2 rings (SSSR count). The Morgan fingerprint density at radius 2 is 2.26 bits per heavy atom. The summed E-state index contributed by atoms with van der Waals surface area (Å²) in [6.45, 7) is 8.29. The molecule has 0 saturated heterocycles. The van der Waals surface area contributed by atoms with Gasteiger partial charge in [-0.25, -0.2) is 4.98 Å². The van der Waals surface area contributed by atoms with Crippen LogP contribution in [0.25, 0.3) is 0 Å². The van der Waals surface area contributed by atoms with Gasteiger partial charge in [-0.15, -0.1) is 11.3 Å². The van der Waals surface area contributed by atoms with Crippen LogP contribution >= 0.6 is 11.3 Å². The van der Waals surface area contributed by atoms with Crippen LogP contribution in [0.2, 0.25) is 0 Å². The fraction of sp³-hybridized carbons (Fsp3) is 0.571. The van der Waals surface area contributed by atoms with Crippen molar-refractivity contribution in [2.75, 3.05) is 6.54 Å². The van der Waals surface area contributed by atoms with Crippen LogP contribution in [0.3, 0.4) is 0 Å². The van der Waals surface area contributed by atoms with Gasteiger partial charge in [0.2, 0.25) is 0 Å². The number of hydrogen-bond donors (Lipinski definition) is 1. The number of aromatic nitrogens is 3. The molecule has 0 aliphatic heterocycles. The fourth-order valence-electron chi connectivity index (χ4n) is 2.24. The van der Waals surface area contributed by atoms with Gasteiger partial charge in [-0.2, -0.15) is 5.10 Å². The Bertz CT molecular complexity index is 503. The Morgan fingerprint density at radius 1 is 1.42 bits per heavy atom. The summed E-state index contributed by atoms with van der Waals surface area (Å²) in [5, 5.41) is 11.3. The predicted molar refractivity (Wildman–Crippen MR) is 79.5 cm³/mol. The molecule has 0 spiro atoms. The first kappa shape index (κ1) is 14.2. The van der Waals surface area contributed by atoms with Gasteiger partial charge >= 0.3 is 0 Å². The van der Waals surface area contributed by atoms with Gasteiger partial charge in [-0.05, 0) is 26.0 Å². The third-order valence-corrected chi connectivity index (χ3v) is 4.03.